The Morgan fingerprint density at radius 1 is 1.33 bits per heavy atom. The van der Waals surface area contributed by atoms with Crippen LogP contribution in [0.2, 0.25) is 0 Å². The highest BCUT2D eigenvalue weighted by Gasteiger charge is 2.30. The number of ether oxygens (including phenoxy) is 1. The minimum absolute atomic E-state index is 0.118. The van der Waals surface area contributed by atoms with Crippen LogP contribution in [0.3, 0.4) is 0 Å². The second-order valence-electron chi connectivity index (χ2n) is 4.43. The molecule has 0 atom stereocenters. The van der Waals surface area contributed by atoms with Crippen molar-refractivity contribution in [3.63, 3.8) is 0 Å². The van der Waals surface area contributed by atoms with E-state index in [2.05, 4.69) is 10.1 Å². The van der Waals surface area contributed by atoms with Crippen molar-refractivity contribution in [3.05, 3.63) is 35.6 Å². The fourth-order valence-corrected chi connectivity index (χ4v) is 1.51. The van der Waals surface area contributed by atoms with Gasteiger partial charge in [0.15, 0.2) is 0 Å². The topological polar surface area (TPSA) is 55.4 Å². The van der Waals surface area contributed by atoms with Crippen LogP contribution < -0.4 is 5.32 Å². The Balaban J connectivity index is 2.68. The minimum Gasteiger partial charge on any atom is -0.467 e. The zero-order chi connectivity index (χ0) is 13.8. The first-order chi connectivity index (χ1) is 8.36. The van der Waals surface area contributed by atoms with E-state index in [1.807, 2.05) is 0 Å². The Morgan fingerprint density at radius 2 is 1.94 bits per heavy atom. The molecule has 0 radical (unpaired) electrons. The van der Waals surface area contributed by atoms with E-state index >= 15 is 0 Å². The van der Waals surface area contributed by atoms with Gasteiger partial charge in [-0.2, -0.15) is 0 Å². The number of hydrogen-bond donors (Lipinski definition) is 1. The molecule has 0 saturated carbocycles. The van der Waals surface area contributed by atoms with Gasteiger partial charge in [0, 0.05) is 0 Å². The lowest BCUT2D eigenvalue weighted by atomic mass is 10.0. The predicted octanol–water partition coefficient (Wildman–Crippen LogP) is 1.44. The van der Waals surface area contributed by atoms with Crippen LogP contribution in [0.25, 0.3) is 0 Å². The Morgan fingerprint density at radius 3 is 2.50 bits per heavy atom. The molecule has 0 spiro atoms. The number of carbonyl (C=O) groups excluding carboxylic acids is 2. The highest BCUT2D eigenvalue weighted by molar-refractivity contribution is 5.88. The van der Waals surface area contributed by atoms with Crippen LogP contribution in [0.4, 0.5) is 4.39 Å². The van der Waals surface area contributed by atoms with Gasteiger partial charge in [0.25, 0.3) is 0 Å². The monoisotopic (exact) mass is 253 g/mol. The summed E-state index contributed by atoms with van der Waals surface area (Å²) in [6.07, 6.45) is -0.118. The maximum atomic E-state index is 13.3. The van der Waals surface area contributed by atoms with E-state index in [1.165, 1.54) is 33.1 Å². The smallest absolute Gasteiger partial charge is 0.330 e. The van der Waals surface area contributed by atoms with Gasteiger partial charge in [0.1, 0.15) is 11.4 Å². The second-order valence-corrected chi connectivity index (χ2v) is 4.43. The highest BCUT2D eigenvalue weighted by Crippen LogP contribution is 2.09. The average molecular weight is 253 g/mol. The first-order valence-corrected chi connectivity index (χ1v) is 5.49. The molecular weight excluding hydrogens is 237 g/mol. The summed E-state index contributed by atoms with van der Waals surface area (Å²) in [6, 6.07) is 6.01. The van der Waals surface area contributed by atoms with Gasteiger partial charge in [-0.1, -0.05) is 18.2 Å². The van der Waals surface area contributed by atoms with E-state index in [0.717, 1.165) is 0 Å². The molecule has 1 amide bonds. The van der Waals surface area contributed by atoms with Crippen molar-refractivity contribution in [1.29, 1.82) is 0 Å². The fourth-order valence-electron chi connectivity index (χ4n) is 1.51. The first-order valence-electron chi connectivity index (χ1n) is 5.49. The Bertz CT molecular complexity index is 457. The molecule has 98 valence electrons. The molecule has 0 aliphatic heterocycles. The summed E-state index contributed by atoms with van der Waals surface area (Å²) < 4.78 is 17.9. The normalized spacial score (nSPS) is 10.9. The summed E-state index contributed by atoms with van der Waals surface area (Å²) in [6.45, 7) is 3.05. The third-order valence-corrected chi connectivity index (χ3v) is 2.46. The summed E-state index contributed by atoms with van der Waals surface area (Å²) >= 11 is 0. The Labute approximate surface area is 105 Å². The summed E-state index contributed by atoms with van der Waals surface area (Å²) in [4.78, 5) is 23.1. The first kappa shape index (κ1) is 14.2. The molecule has 0 heterocycles. The van der Waals surface area contributed by atoms with E-state index in [0.29, 0.717) is 0 Å². The quantitative estimate of drug-likeness (QED) is 0.826. The van der Waals surface area contributed by atoms with Gasteiger partial charge in [-0.3, -0.25) is 4.79 Å². The number of hydrogen-bond acceptors (Lipinski definition) is 3. The molecule has 4 nitrogen and oxygen atoms in total. The molecule has 0 fully saturated rings. The number of carbonyl (C=O) groups is 2. The number of rotatable bonds is 4. The summed E-state index contributed by atoms with van der Waals surface area (Å²) in [5.74, 6) is -1.43. The standard InChI is InChI=1S/C13H16FNO3/c1-13(2,12(17)18-3)15-11(16)8-9-6-4-5-7-10(9)14/h4-7H,8H2,1-3H3,(H,15,16). The second kappa shape index (κ2) is 5.62. The summed E-state index contributed by atoms with van der Waals surface area (Å²) in [7, 11) is 1.24. The maximum absolute atomic E-state index is 13.3. The molecule has 1 rings (SSSR count). The van der Waals surface area contributed by atoms with Gasteiger partial charge in [-0.15, -0.1) is 0 Å². The van der Waals surface area contributed by atoms with E-state index in [-0.39, 0.29) is 12.0 Å². The lowest BCUT2D eigenvalue weighted by Gasteiger charge is -2.23. The molecular formula is C13H16FNO3. The van der Waals surface area contributed by atoms with Gasteiger partial charge in [-0.05, 0) is 25.5 Å². The van der Waals surface area contributed by atoms with Crippen molar-refractivity contribution in [1.82, 2.24) is 5.32 Å². The predicted molar refractivity (Wildman–Crippen MR) is 64.3 cm³/mol. The maximum Gasteiger partial charge on any atom is 0.330 e. The zero-order valence-corrected chi connectivity index (χ0v) is 10.6. The van der Waals surface area contributed by atoms with Crippen LogP contribution in [-0.4, -0.2) is 24.5 Å². The molecule has 1 N–H and O–H groups in total. The lowest BCUT2D eigenvalue weighted by Crippen LogP contribution is -2.50. The largest absolute Gasteiger partial charge is 0.467 e. The number of nitrogens with one attached hydrogen (secondary N) is 1. The molecule has 0 aliphatic carbocycles. The van der Waals surface area contributed by atoms with E-state index < -0.39 is 23.2 Å². The molecule has 0 bridgehead atoms. The number of halogens is 1. The van der Waals surface area contributed by atoms with E-state index in [9.17, 15) is 14.0 Å². The summed E-state index contributed by atoms with van der Waals surface area (Å²) in [5, 5.41) is 2.50. The van der Waals surface area contributed by atoms with Crippen LogP contribution in [0.1, 0.15) is 19.4 Å². The van der Waals surface area contributed by atoms with Gasteiger partial charge < -0.3 is 10.1 Å². The molecule has 0 saturated heterocycles. The van der Waals surface area contributed by atoms with Crippen LogP contribution >= 0.6 is 0 Å². The van der Waals surface area contributed by atoms with Crippen molar-refractivity contribution >= 4 is 11.9 Å². The van der Waals surface area contributed by atoms with E-state index in [4.69, 9.17) is 0 Å². The average Bonchev–Trinajstić information content (AvgIpc) is 2.30. The zero-order valence-electron chi connectivity index (χ0n) is 10.6. The molecule has 0 aliphatic rings. The van der Waals surface area contributed by atoms with Gasteiger partial charge >= 0.3 is 5.97 Å². The molecule has 1 aromatic carbocycles. The molecule has 1 aromatic rings. The highest BCUT2D eigenvalue weighted by atomic mass is 19.1. The van der Waals surface area contributed by atoms with Crippen LogP contribution in [-0.2, 0) is 20.7 Å². The van der Waals surface area contributed by atoms with Crippen molar-refractivity contribution in [2.24, 2.45) is 0 Å². The number of esters is 1. The third-order valence-electron chi connectivity index (χ3n) is 2.46. The van der Waals surface area contributed by atoms with Crippen molar-refractivity contribution in [2.75, 3.05) is 7.11 Å². The van der Waals surface area contributed by atoms with Gasteiger partial charge in [0.05, 0.1) is 13.5 Å². The van der Waals surface area contributed by atoms with Crippen molar-refractivity contribution in [3.8, 4) is 0 Å². The Hall–Kier alpha value is -1.91. The number of amides is 1. The Kier molecular flexibility index (Phi) is 4.42. The van der Waals surface area contributed by atoms with Crippen LogP contribution in [0, 0.1) is 5.82 Å². The number of methoxy groups -OCH3 is 1. The molecule has 5 heteroatoms. The SMILES string of the molecule is COC(=O)C(C)(C)NC(=O)Cc1ccccc1F. The van der Waals surface area contributed by atoms with Crippen molar-refractivity contribution in [2.45, 2.75) is 25.8 Å². The molecule has 0 aromatic heterocycles. The molecule has 0 unspecified atom stereocenters. The van der Waals surface area contributed by atoms with Gasteiger partial charge in [-0.25, -0.2) is 9.18 Å². The molecule has 18 heavy (non-hydrogen) atoms. The fraction of sp³-hybridized carbons (Fsp3) is 0.385. The van der Waals surface area contributed by atoms with E-state index in [1.54, 1.807) is 12.1 Å². The number of benzene rings is 1. The minimum atomic E-state index is -1.13. The van der Waals surface area contributed by atoms with Crippen LogP contribution in [0.5, 0.6) is 0 Å². The van der Waals surface area contributed by atoms with Crippen LogP contribution in [0.15, 0.2) is 24.3 Å². The lowest BCUT2D eigenvalue weighted by molar-refractivity contribution is -0.149. The van der Waals surface area contributed by atoms with Crippen molar-refractivity contribution < 1.29 is 18.7 Å². The third kappa shape index (κ3) is 3.55. The van der Waals surface area contributed by atoms with Gasteiger partial charge in [0.2, 0.25) is 5.91 Å². The summed E-state index contributed by atoms with van der Waals surface area (Å²) in [5.41, 5.74) is -0.840.